The van der Waals surface area contributed by atoms with Crippen molar-refractivity contribution in [2.24, 2.45) is 0 Å². The summed E-state index contributed by atoms with van der Waals surface area (Å²) in [4.78, 5) is 24.4. The number of nitrogens with one attached hydrogen (secondary N) is 2. The second kappa shape index (κ2) is 9.64. The fourth-order valence-corrected chi connectivity index (χ4v) is 3.12. The van der Waals surface area contributed by atoms with Gasteiger partial charge in [-0.05, 0) is 55.7 Å². The summed E-state index contributed by atoms with van der Waals surface area (Å²) in [6.45, 7) is 5.77. The van der Waals surface area contributed by atoms with Gasteiger partial charge in [0.25, 0.3) is 0 Å². The number of benzene rings is 2. The molecule has 2 N–H and O–H groups in total. The molecule has 6 heteroatoms. The Hall–Kier alpha value is -1.98. The van der Waals surface area contributed by atoms with Gasteiger partial charge in [0.2, 0.25) is 11.8 Å². The highest BCUT2D eigenvalue weighted by Gasteiger charge is 2.16. The van der Waals surface area contributed by atoms with Gasteiger partial charge in [0.1, 0.15) is 0 Å². The number of anilines is 2. The predicted molar refractivity (Wildman–Crippen MR) is 111 cm³/mol. The second-order valence-corrected chi connectivity index (χ2v) is 7.77. The number of amides is 2. The number of hydrogen-bond donors (Lipinski definition) is 2. The zero-order valence-electron chi connectivity index (χ0n) is 15.1. The molecule has 0 bridgehead atoms. The van der Waals surface area contributed by atoms with Gasteiger partial charge in [-0.1, -0.05) is 36.7 Å². The molecular formula is C20H23ClN2O2S. The Bertz CT molecular complexity index is 778. The molecule has 0 saturated heterocycles. The van der Waals surface area contributed by atoms with Crippen molar-refractivity contribution in [2.45, 2.75) is 32.4 Å². The maximum absolute atomic E-state index is 12.3. The third kappa shape index (κ3) is 6.07. The molecule has 0 saturated carbocycles. The number of carbonyl (C=O) groups is 2. The molecule has 1 atom stereocenters. The maximum atomic E-state index is 12.3. The molecule has 2 rings (SSSR count). The molecule has 26 heavy (non-hydrogen) atoms. The smallest absolute Gasteiger partial charge is 0.237 e. The number of rotatable bonds is 7. The standard InChI is InChI=1S/C20H23ClN2O2S/c1-4-15-6-9-17(10-7-15)22-19(24)12-26-14(3)20(25)23-18-11-16(21)8-5-13(18)2/h5-11,14H,4,12H2,1-3H3,(H,22,24)(H,23,25)/t14-/m1/s1. The molecule has 0 radical (unpaired) electrons. The van der Waals surface area contributed by atoms with Crippen LogP contribution in [0.4, 0.5) is 11.4 Å². The second-order valence-electron chi connectivity index (χ2n) is 6.00. The molecule has 0 heterocycles. The molecule has 0 aliphatic heterocycles. The fourth-order valence-electron chi connectivity index (χ4n) is 2.26. The van der Waals surface area contributed by atoms with Crippen LogP contribution in [-0.2, 0) is 16.0 Å². The summed E-state index contributed by atoms with van der Waals surface area (Å²) >= 11 is 7.26. The van der Waals surface area contributed by atoms with E-state index in [4.69, 9.17) is 11.6 Å². The molecule has 2 amide bonds. The Balaban J connectivity index is 1.82. The normalized spacial score (nSPS) is 11.7. The summed E-state index contributed by atoms with van der Waals surface area (Å²) in [5.41, 5.74) is 3.61. The van der Waals surface area contributed by atoms with Crippen LogP contribution in [0.3, 0.4) is 0 Å². The monoisotopic (exact) mass is 390 g/mol. The van der Waals surface area contributed by atoms with Gasteiger partial charge >= 0.3 is 0 Å². The van der Waals surface area contributed by atoms with Crippen molar-refractivity contribution >= 4 is 46.6 Å². The van der Waals surface area contributed by atoms with Gasteiger partial charge in [0.15, 0.2) is 0 Å². The van der Waals surface area contributed by atoms with Crippen molar-refractivity contribution in [3.8, 4) is 0 Å². The highest BCUT2D eigenvalue weighted by Crippen LogP contribution is 2.22. The predicted octanol–water partition coefficient (Wildman–Crippen LogP) is 4.91. The number of aryl methyl sites for hydroxylation is 2. The minimum absolute atomic E-state index is 0.127. The van der Waals surface area contributed by atoms with Gasteiger partial charge < -0.3 is 10.6 Å². The van der Waals surface area contributed by atoms with E-state index in [9.17, 15) is 9.59 Å². The highest BCUT2D eigenvalue weighted by atomic mass is 35.5. The third-order valence-electron chi connectivity index (χ3n) is 3.94. The molecule has 4 nitrogen and oxygen atoms in total. The average molecular weight is 391 g/mol. The Morgan fingerprint density at radius 2 is 1.81 bits per heavy atom. The zero-order chi connectivity index (χ0) is 19.1. The largest absolute Gasteiger partial charge is 0.325 e. The van der Waals surface area contributed by atoms with E-state index >= 15 is 0 Å². The van der Waals surface area contributed by atoms with Gasteiger partial charge in [-0.15, -0.1) is 11.8 Å². The quantitative estimate of drug-likeness (QED) is 0.706. The fraction of sp³-hybridized carbons (Fsp3) is 0.300. The number of halogens is 1. The van der Waals surface area contributed by atoms with Crippen LogP contribution >= 0.6 is 23.4 Å². The van der Waals surface area contributed by atoms with Crippen LogP contribution < -0.4 is 10.6 Å². The topological polar surface area (TPSA) is 58.2 Å². The minimum atomic E-state index is -0.360. The number of carbonyl (C=O) groups excluding carboxylic acids is 2. The van der Waals surface area contributed by atoms with E-state index in [2.05, 4.69) is 17.6 Å². The van der Waals surface area contributed by atoms with E-state index in [-0.39, 0.29) is 22.8 Å². The van der Waals surface area contributed by atoms with E-state index < -0.39 is 0 Å². The van der Waals surface area contributed by atoms with Gasteiger partial charge in [-0.3, -0.25) is 9.59 Å². The minimum Gasteiger partial charge on any atom is -0.325 e. The Kier molecular flexibility index (Phi) is 7.54. The van der Waals surface area contributed by atoms with Crippen molar-refractivity contribution in [2.75, 3.05) is 16.4 Å². The lowest BCUT2D eigenvalue weighted by molar-refractivity contribution is -0.115. The summed E-state index contributed by atoms with van der Waals surface area (Å²) in [5.74, 6) is -0.0724. The Morgan fingerprint density at radius 3 is 2.46 bits per heavy atom. The summed E-state index contributed by atoms with van der Waals surface area (Å²) in [7, 11) is 0. The van der Waals surface area contributed by atoms with Crippen LogP contribution in [-0.4, -0.2) is 22.8 Å². The molecule has 0 unspecified atom stereocenters. The average Bonchev–Trinajstić information content (AvgIpc) is 2.63. The Labute approximate surface area is 163 Å². The molecule has 0 aliphatic rings. The van der Waals surface area contributed by atoms with Crippen molar-refractivity contribution in [3.63, 3.8) is 0 Å². The number of hydrogen-bond acceptors (Lipinski definition) is 3. The van der Waals surface area contributed by atoms with Crippen LogP contribution in [0.1, 0.15) is 25.0 Å². The first-order valence-corrected chi connectivity index (χ1v) is 9.89. The van der Waals surface area contributed by atoms with Gasteiger partial charge in [0.05, 0.1) is 11.0 Å². The molecular weight excluding hydrogens is 368 g/mol. The van der Waals surface area contributed by atoms with Crippen molar-refractivity contribution in [1.29, 1.82) is 0 Å². The molecule has 138 valence electrons. The summed E-state index contributed by atoms with van der Waals surface area (Å²) in [6, 6.07) is 13.1. The molecule has 0 aromatic heterocycles. The van der Waals surface area contributed by atoms with Crippen LogP contribution in [0.25, 0.3) is 0 Å². The molecule has 0 fully saturated rings. The maximum Gasteiger partial charge on any atom is 0.237 e. The lowest BCUT2D eigenvalue weighted by atomic mass is 10.1. The van der Waals surface area contributed by atoms with E-state index in [0.717, 1.165) is 17.7 Å². The zero-order valence-corrected chi connectivity index (χ0v) is 16.7. The highest BCUT2D eigenvalue weighted by molar-refractivity contribution is 8.01. The molecule has 0 aliphatic carbocycles. The first-order chi connectivity index (χ1) is 12.4. The van der Waals surface area contributed by atoms with Crippen LogP contribution in [0.2, 0.25) is 5.02 Å². The summed E-state index contributed by atoms with van der Waals surface area (Å²) in [6.07, 6.45) is 0.961. The first kappa shape index (κ1) is 20.3. The van der Waals surface area contributed by atoms with Crippen molar-refractivity contribution < 1.29 is 9.59 Å². The van der Waals surface area contributed by atoms with Crippen molar-refractivity contribution in [3.05, 3.63) is 58.6 Å². The third-order valence-corrected chi connectivity index (χ3v) is 5.32. The van der Waals surface area contributed by atoms with Gasteiger partial charge in [-0.2, -0.15) is 0 Å². The van der Waals surface area contributed by atoms with Crippen molar-refractivity contribution in [1.82, 2.24) is 0 Å². The van der Waals surface area contributed by atoms with Crippen LogP contribution in [0.15, 0.2) is 42.5 Å². The number of thioether (sulfide) groups is 1. The lowest BCUT2D eigenvalue weighted by Gasteiger charge is -2.14. The SMILES string of the molecule is CCc1ccc(NC(=O)CS[C@H](C)C(=O)Nc2cc(Cl)ccc2C)cc1. The van der Waals surface area contributed by atoms with E-state index in [1.807, 2.05) is 37.3 Å². The van der Waals surface area contributed by atoms with Crippen LogP contribution in [0.5, 0.6) is 0 Å². The van der Waals surface area contributed by atoms with E-state index in [1.165, 1.54) is 17.3 Å². The Morgan fingerprint density at radius 1 is 1.12 bits per heavy atom. The molecule has 2 aromatic rings. The summed E-state index contributed by atoms with van der Waals surface area (Å²) in [5, 5.41) is 5.92. The van der Waals surface area contributed by atoms with E-state index in [0.29, 0.717) is 10.7 Å². The molecule has 2 aromatic carbocycles. The molecule has 0 spiro atoms. The first-order valence-electron chi connectivity index (χ1n) is 8.46. The van der Waals surface area contributed by atoms with Crippen LogP contribution in [0, 0.1) is 6.92 Å². The van der Waals surface area contributed by atoms with Gasteiger partial charge in [0, 0.05) is 16.4 Å². The summed E-state index contributed by atoms with van der Waals surface area (Å²) < 4.78 is 0. The van der Waals surface area contributed by atoms with E-state index in [1.54, 1.807) is 19.1 Å². The lowest BCUT2D eigenvalue weighted by Crippen LogP contribution is -2.25. The van der Waals surface area contributed by atoms with Gasteiger partial charge in [-0.25, -0.2) is 0 Å².